The molecule has 0 bridgehead atoms. The van der Waals surface area contributed by atoms with Gasteiger partial charge in [-0.3, -0.25) is 0 Å². The summed E-state index contributed by atoms with van der Waals surface area (Å²) in [6.07, 6.45) is -8.69. The molecule has 0 saturated heterocycles. The standard InChI is InChI=1S/C8H12F6O2/c1-3-7(11,12)16-5-8(13,14)15-4-6(2,9)10/h3-5H2,1-2H3. The van der Waals surface area contributed by atoms with E-state index in [-0.39, 0.29) is 0 Å². The van der Waals surface area contributed by atoms with Gasteiger partial charge in [0, 0.05) is 13.3 Å². The van der Waals surface area contributed by atoms with E-state index in [9.17, 15) is 26.3 Å². The molecule has 0 radical (unpaired) electrons. The zero-order valence-corrected chi connectivity index (χ0v) is 8.71. The molecule has 0 aliphatic rings. The van der Waals surface area contributed by atoms with Crippen molar-refractivity contribution in [2.75, 3.05) is 13.2 Å². The van der Waals surface area contributed by atoms with Gasteiger partial charge in [0.05, 0.1) is 0 Å². The lowest BCUT2D eigenvalue weighted by atomic mass is 10.4. The van der Waals surface area contributed by atoms with Gasteiger partial charge in [0.25, 0.3) is 5.92 Å². The molecule has 8 heteroatoms. The van der Waals surface area contributed by atoms with Gasteiger partial charge in [-0.15, -0.1) is 0 Å². The van der Waals surface area contributed by atoms with Crippen LogP contribution in [0.4, 0.5) is 26.3 Å². The highest BCUT2D eigenvalue weighted by atomic mass is 19.3. The molecule has 0 fully saturated rings. The molecule has 0 atom stereocenters. The fourth-order valence-electron chi connectivity index (χ4n) is 0.566. The SMILES string of the molecule is CCC(F)(F)OCC(F)(F)OCC(C)(F)F. The van der Waals surface area contributed by atoms with Crippen LogP contribution < -0.4 is 0 Å². The van der Waals surface area contributed by atoms with Crippen molar-refractivity contribution in [2.45, 2.75) is 38.4 Å². The summed E-state index contributed by atoms with van der Waals surface area (Å²) in [7, 11) is 0. The quantitative estimate of drug-likeness (QED) is 0.649. The third-order valence-corrected chi connectivity index (χ3v) is 1.40. The van der Waals surface area contributed by atoms with Gasteiger partial charge in [-0.2, -0.15) is 17.6 Å². The van der Waals surface area contributed by atoms with E-state index in [2.05, 4.69) is 9.47 Å². The molecule has 0 aromatic heterocycles. The van der Waals surface area contributed by atoms with Crippen LogP contribution in [0.1, 0.15) is 20.3 Å². The molecule has 0 heterocycles. The Bertz CT molecular complexity index is 213. The van der Waals surface area contributed by atoms with E-state index in [0.717, 1.165) is 6.92 Å². The molecule has 0 aliphatic carbocycles. The molecular formula is C8H12F6O2. The molecule has 0 spiro atoms. The van der Waals surface area contributed by atoms with Gasteiger partial charge < -0.3 is 9.47 Å². The second-order valence-corrected chi connectivity index (χ2v) is 3.28. The maximum absolute atomic E-state index is 12.6. The zero-order chi connectivity index (χ0) is 13.0. The summed E-state index contributed by atoms with van der Waals surface area (Å²) in [5.74, 6) is -3.46. The fourth-order valence-corrected chi connectivity index (χ4v) is 0.566. The molecule has 0 unspecified atom stereocenters. The molecular weight excluding hydrogens is 242 g/mol. The first-order valence-electron chi connectivity index (χ1n) is 4.39. The van der Waals surface area contributed by atoms with Crippen molar-refractivity contribution in [3.8, 4) is 0 Å². The average molecular weight is 254 g/mol. The molecule has 98 valence electrons. The largest absolute Gasteiger partial charge is 0.379 e. The minimum atomic E-state index is -4.17. The Labute approximate surface area is 88.5 Å². The molecule has 16 heavy (non-hydrogen) atoms. The first-order chi connectivity index (χ1) is 6.97. The van der Waals surface area contributed by atoms with Crippen molar-refractivity contribution in [1.29, 1.82) is 0 Å². The lowest BCUT2D eigenvalue weighted by Crippen LogP contribution is -2.36. The normalized spacial score (nSPS) is 14.2. The van der Waals surface area contributed by atoms with E-state index >= 15 is 0 Å². The van der Waals surface area contributed by atoms with Crippen LogP contribution in [-0.2, 0) is 9.47 Å². The Morgan fingerprint density at radius 1 is 0.812 bits per heavy atom. The highest BCUT2D eigenvalue weighted by Crippen LogP contribution is 2.26. The number of alkyl halides is 6. The van der Waals surface area contributed by atoms with Crippen molar-refractivity contribution < 1.29 is 35.8 Å². The molecule has 0 amide bonds. The number of ether oxygens (including phenoxy) is 2. The van der Waals surface area contributed by atoms with E-state index in [1.54, 1.807) is 0 Å². The maximum Gasteiger partial charge on any atom is 0.379 e. The van der Waals surface area contributed by atoms with Crippen LogP contribution in [0.5, 0.6) is 0 Å². The van der Waals surface area contributed by atoms with Crippen molar-refractivity contribution >= 4 is 0 Å². The molecule has 0 N–H and O–H groups in total. The third kappa shape index (κ3) is 7.75. The Balaban J connectivity index is 4.06. The van der Waals surface area contributed by atoms with Gasteiger partial charge in [-0.05, 0) is 0 Å². The Morgan fingerprint density at radius 3 is 1.62 bits per heavy atom. The first kappa shape index (κ1) is 15.5. The van der Waals surface area contributed by atoms with E-state index in [0.29, 0.717) is 6.92 Å². The van der Waals surface area contributed by atoms with Crippen molar-refractivity contribution in [3.05, 3.63) is 0 Å². The van der Waals surface area contributed by atoms with E-state index in [1.165, 1.54) is 0 Å². The number of rotatable bonds is 7. The lowest BCUT2D eigenvalue weighted by Gasteiger charge is -2.22. The van der Waals surface area contributed by atoms with E-state index in [4.69, 9.17) is 0 Å². The van der Waals surface area contributed by atoms with Crippen LogP contribution in [0.15, 0.2) is 0 Å². The summed E-state index contributed by atoms with van der Waals surface area (Å²) < 4.78 is 81.3. The Kier molecular flexibility index (Phi) is 5.06. The summed E-state index contributed by atoms with van der Waals surface area (Å²) >= 11 is 0. The summed E-state index contributed by atoms with van der Waals surface area (Å²) in [5.41, 5.74) is 0. The number of halogens is 6. The van der Waals surface area contributed by atoms with E-state index in [1.807, 2.05) is 0 Å². The Hall–Kier alpha value is -0.500. The minimum Gasteiger partial charge on any atom is -0.312 e. The van der Waals surface area contributed by atoms with Crippen LogP contribution in [0.3, 0.4) is 0 Å². The fraction of sp³-hybridized carbons (Fsp3) is 1.00. The van der Waals surface area contributed by atoms with Crippen LogP contribution in [0.2, 0.25) is 0 Å². The molecule has 0 aliphatic heterocycles. The van der Waals surface area contributed by atoms with Gasteiger partial charge >= 0.3 is 12.2 Å². The topological polar surface area (TPSA) is 18.5 Å². The third-order valence-electron chi connectivity index (χ3n) is 1.40. The van der Waals surface area contributed by atoms with Gasteiger partial charge in [0.15, 0.2) is 0 Å². The van der Waals surface area contributed by atoms with Gasteiger partial charge in [-0.25, -0.2) is 8.78 Å². The second kappa shape index (κ2) is 5.22. The number of hydrogen-bond donors (Lipinski definition) is 0. The van der Waals surface area contributed by atoms with Crippen LogP contribution in [0, 0.1) is 0 Å². The molecule has 0 aromatic rings. The molecule has 0 saturated carbocycles. The monoisotopic (exact) mass is 254 g/mol. The predicted octanol–water partition coefficient (Wildman–Crippen LogP) is 3.27. The van der Waals surface area contributed by atoms with Gasteiger partial charge in [0.2, 0.25) is 0 Å². The summed E-state index contributed by atoms with van der Waals surface area (Å²) in [4.78, 5) is 0. The van der Waals surface area contributed by atoms with Gasteiger partial charge in [0.1, 0.15) is 13.2 Å². The second-order valence-electron chi connectivity index (χ2n) is 3.28. The minimum absolute atomic E-state index is 0.366. The first-order valence-corrected chi connectivity index (χ1v) is 4.39. The summed E-state index contributed by atoms with van der Waals surface area (Å²) in [6, 6.07) is 0. The molecule has 2 nitrogen and oxygen atoms in total. The molecule has 0 rings (SSSR count). The van der Waals surface area contributed by atoms with Crippen LogP contribution in [0.25, 0.3) is 0 Å². The van der Waals surface area contributed by atoms with Gasteiger partial charge in [-0.1, -0.05) is 6.92 Å². The van der Waals surface area contributed by atoms with E-state index < -0.39 is 37.8 Å². The van der Waals surface area contributed by atoms with Crippen molar-refractivity contribution in [2.24, 2.45) is 0 Å². The predicted molar refractivity (Wildman–Crippen MR) is 42.7 cm³/mol. The summed E-state index contributed by atoms with van der Waals surface area (Å²) in [6.45, 7) is -1.95. The zero-order valence-electron chi connectivity index (χ0n) is 8.71. The van der Waals surface area contributed by atoms with Crippen LogP contribution in [-0.4, -0.2) is 31.4 Å². The maximum atomic E-state index is 12.6. The smallest absolute Gasteiger partial charge is 0.312 e. The Morgan fingerprint density at radius 2 is 1.25 bits per heavy atom. The highest BCUT2D eigenvalue weighted by molar-refractivity contribution is 4.60. The number of hydrogen-bond acceptors (Lipinski definition) is 2. The van der Waals surface area contributed by atoms with Crippen molar-refractivity contribution in [3.63, 3.8) is 0 Å². The van der Waals surface area contributed by atoms with Crippen LogP contribution >= 0.6 is 0 Å². The molecule has 0 aromatic carbocycles. The van der Waals surface area contributed by atoms with Crippen molar-refractivity contribution in [1.82, 2.24) is 0 Å². The highest BCUT2D eigenvalue weighted by Gasteiger charge is 2.39. The average Bonchev–Trinajstić information content (AvgIpc) is 2.12. The summed E-state index contributed by atoms with van der Waals surface area (Å²) in [5, 5.41) is 0. The lowest BCUT2D eigenvalue weighted by molar-refractivity contribution is -0.332.